The third-order valence-electron chi connectivity index (χ3n) is 1.90. The van der Waals surface area contributed by atoms with Crippen LogP contribution in [0.15, 0.2) is 0 Å². The molecule has 0 aliphatic heterocycles. The highest BCUT2D eigenvalue weighted by molar-refractivity contribution is 4.58. The molecular weight excluding hydrogens is 124 g/mol. The first-order chi connectivity index (χ1) is 4.70. The van der Waals surface area contributed by atoms with Crippen molar-refractivity contribution in [3.05, 3.63) is 0 Å². The van der Waals surface area contributed by atoms with Gasteiger partial charge < -0.3 is 10.6 Å². The molecule has 0 spiro atoms. The molecule has 0 bridgehead atoms. The summed E-state index contributed by atoms with van der Waals surface area (Å²) in [5, 5.41) is 0. The first kappa shape index (κ1) is 9.92. The topological polar surface area (TPSA) is 29.3 Å². The Morgan fingerprint density at radius 3 is 2.30 bits per heavy atom. The molecule has 1 atom stereocenters. The van der Waals surface area contributed by atoms with E-state index in [2.05, 4.69) is 25.9 Å². The van der Waals surface area contributed by atoms with Gasteiger partial charge in [-0.15, -0.1) is 0 Å². The van der Waals surface area contributed by atoms with Gasteiger partial charge in [0.2, 0.25) is 0 Å². The van der Waals surface area contributed by atoms with Gasteiger partial charge in [-0.3, -0.25) is 0 Å². The molecule has 1 unspecified atom stereocenters. The molecule has 62 valence electrons. The van der Waals surface area contributed by atoms with E-state index >= 15 is 0 Å². The third kappa shape index (κ3) is 4.77. The zero-order chi connectivity index (χ0) is 7.98. The van der Waals surface area contributed by atoms with Crippen molar-refractivity contribution in [3.8, 4) is 0 Å². The fourth-order valence-electron chi connectivity index (χ4n) is 0.929. The standard InChI is InChI=1S/C8H20N2/c1-4-8(7-9)5-6-10(2)3/h8H,4-7,9H2,1-3H3. The molecule has 0 amide bonds. The Bertz CT molecular complexity index is 67.7. The number of nitrogens with two attached hydrogens (primary N) is 1. The third-order valence-corrected chi connectivity index (χ3v) is 1.90. The molecule has 0 aromatic rings. The highest BCUT2D eigenvalue weighted by Crippen LogP contribution is 2.05. The minimum absolute atomic E-state index is 0.724. The Kier molecular flexibility index (Phi) is 5.64. The summed E-state index contributed by atoms with van der Waals surface area (Å²) in [6.45, 7) is 4.20. The second-order valence-electron chi connectivity index (χ2n) is 3.10. The van der Waals surface area contributed by atoms with E-state index in [1.165, 1.54) is 12.8 Å². The van der Waals surface area contributed by atoms with Crippen LogP contribution in [0.2, 0.25) is 0 Å². The highest BCUT2D eigenvalue weighted by Gasteiger charge is 2.02. The van der Waals surface area contributed by atoms with E-state index in [4.69, 9.17) is 5.73 Å². The van der Waals surface area contributed by atoms with Crippen LogP contribution in [-0.2, 0) is 0 Å². The van der Waals surface area contributed by atoms with E-state index in [-0.39, 0.29) is 0 Å². The van der Waals surface area contributed by atoms with E-state index in [1.807, 2.05) is 0 Å². The predicted octanol–water partition coefficient (Wildman–Crippen LogP) is 0.923. The van der Waals surface area contributed by atoms with Crippen molar-refractivity contribution in [2.45, 2.75) is 19.8 Å². The number of hydrogen-bond acceptors (Lipinski definition) is 2. The Hall–Kier alpha value is -0.0800. The molecule has 10 heavy (non-hydrogen) atoms. The lowest BCUT2D eigenvalue weighted by atomic mass is 10.0. The maximum atomic E-state index is 5.55. The minimum Gasteiger partial charge on any atom is -0.330 e. The van der Waals surface area contributed by atoms with Crippen molar-refractivity contribution in [1.82, 2.24) is 4.90 Å². The zero-order valence-corrected chi connectivity index (χ0v) is 7.43. The van der Waals surface area contributed by atoms with Gasteiger partial charge in [0.15, 0.2) is 0 Å². The molecule has 0 aliphatic rings. The van der Waals surface area contributed by atoms with Crippen molar-refractivity contribution in [2.24, 2.45) is 11.7 Å². The molecule has 0 saturated carbocycles. The molecule has 2 N–H and O–H groups in total. The summed E-state index contributed by atoms with van der Waals surface area (Å²) < 4.78 is 0. The number of nitrogens with zero attached hydrogens (tertiary/aromatic N) is 1. The van der Waals surface area contributed by atoms with Crippen molar-refractivity contribution < 1.29 is 0 Å². The first-order valence-electron chi connectivity index (χ1n) is 4.05. The van der Waals surface area contributed by atoms with Gasteiger partial charge in [-0.25, -0.2) is 0 Å². The quantitative estimate of drug-likeness (QED) is 0.622. The van der Waals surface area contributed by atoms with Gasteiger partial charge in [0.05, 0.1) is 0 Å². The lowest BCUT2D eigenvalue weighted by Gasteiger charge is -2.15. The molecule has 2 nitrogen and oxygen atoms in total. The second kappa shape index (κ2) is 5.69. The normalized spacial score (nSPS) is 14.1. The Labute approximate surface area is 64.4 Å². The Morgan fingerprint density at radius 2 is 2.00 bits per heavy atom. The molecule has 0 aromatic heterocycles. The van der Waals surface area contributed by atoms with Crippen LogP contribution >= 0.6 is 0 Å². The summed E-state index contributed by atoms with van der Waals surface area (Å²) in [7, 11) is 4.20. The van der Waals surface area contributed by atoms with Gasteiger partial charge in [0, 0.05) is 0 Å². The molecule has 2 heteroatoms. The average Bonchev–Trinajstić information content (AvgIpc) is 1.90. The van der Waals surface area contributed by atoms with Crippen LogP contribution in [0.5, 0.6) is 0 Å². The van der Waals surface area contributed by atoms with Crippen LogP contribution in [0.25, 0.3) is 0 Å². The van der Waals surface area contributed by atoms with Crippen LogP contribution in [0, 0.1) is 5.92 Å². The van der Waals surface area contributed by atoms with Crippen LogP contribution in [0.4, 0.5) is 0 Å². The SMILES string of the molecule is CCC(CN)CCN(C)C. The molecule has 0 aliphatic carbocycles. The molecular formula is C8H20N2. The van der Waals surface area contributed by atoms with Crippen LogP contribution in [-0.4, -0.2) is 32.1 Å². The maximum Gasteiger partial charge on any atom is -0.00217 e. The molecule has 0 radical (unpaired) electrons. The van der Waals surface area contributed by atoms with Crippen molar-refractivity contribution >= 4 is 0 Å². The Balaban J connectivity index is 3.26. The number of hydrogen-bond donors (Lipinski definition) is 1. The zero-order valence-electron chi connectivity index (χ0n) is 7.43. The number of rotatable bonds is 5. The van der Waals surface area contributed by atoms with Gasteiger partial charge in [0.1, 0.15) is 0 Å². The molecule has 0 fully saturated rings. The fourth-order valence-corrected chi connectivity index (χ4v) is 0.929. The summed E-state index contributed by atoms with van der Waals surface area (Å²) in [6, 6.07) is 0. The van der Waals surface area contributed by atoms with E-state index in [0.29, 0.717) is 0 Å². The summed E-state index contributed by atoms with van der Waals surface area (Å²) in [5.74, 6) is 0.724. The van der Waals surface area contributed by atoms with E-state index in [9.17, 15) is 0 Å². The van der Waals surface area contributed by atoms with Crippen LogP contribution < -0.4 is 5.73 Å². The average molecular weight is 144 g/mol. The summed E-state index contributed by atoms with van der Waals surface area (Å²) in [4.78, 5) is 2.21. The van der Waals surface area contributed by atoms with Gasteiger partial charge in [-0.2, -0.15) is 0 Å². The molecule has 0 heterocycles. The summed E-state index contributed by atoms with van der Waals surface area (Å²) in [6.07, 6.45) is 2.45. The van der Waals surface area contributed by atoms with Gasteiger partial charge in [-0.1, -0.05) is 13.3 Å². The van der Waals surface area contributed by atoms with Crippen molar-refractivity contribution in [2.75, 3.05) is 27.2 Å². The van der Waals surface area contributed by atoms with Crippen LogP contribution in [0.3, 0.4) is 0 Å². The smallest absolute Gasteiger partial charge is 0.00217 e. The van der Waals surface area contributed by atoms with E-state index in [0.717, 1.165) is 19.0 Å². The Morgan fingerprint density at radius 1 is 1.40 bits per heavy atom. The van der Waals surface area contributed by atoms with Gasteiger partial charge in [-0.05, 0) is 39.5 Å². The molecule has 0 aromatic carbocycles. The van der Waals surface area contributed by atoms with E-state index < -0.39 is 0 Å². The first-order valence-corrected chi connectivity index (χ1v) is 4.05. The lowest BCUT2D eigenvalue weighted by molar-refractivity contribution is 0.348. The van der Waals surface area contributed by atoms with Crippen LogP contribution in [0.1, 0.15) is 19.8 Å². The largest absolute Gasteiger partial charge is 0.330 e. The van der Waals surface area contributed by atoms with E-state index in [1.54, 1.807) is 0 Å². The second-order valence-corrected chi connectivity index (χ2v) is 3.10. The minimum atomic E-state index is 0.724. The molecule has 0 saturated heterocycles. The monoisotopic (exact) mass is 144 g/mol. The summed E-state index contributed by atoms with van der Waals surface area (Å²) in [5.41, 5.74) is 5.55. The van der Waals surface area contributed by atoms with Crippen molar-refractivity contribution in [3.63, 3.8) is 0 Å². The van der Waals surface area contributed by atoms with Gasteiger partial charge in [0.25, 0.3) is 0 Å². The predicted molar refractivity (Wildman–Crippen MR) is 46.0 cm³/mol. The summed E-state index contributed by atoms with van der Waals surface area (Å²) >= 11 is 0. The van der Waals surface area contributed by atoms with Gasteiger partial charge >= 0.3 is 0 Å². The maximum absolute atomic E-state index is 5.55. The fraction of sp³-hybridized carbons (Fsp3) is 1.00. The van der Waals surface area contributed by atoms with Crippen molar-refractivity contribution in [1.29, 1.82) is 0 Å². The molecule has 0 rings (SSSR count). The highest BCUT2D eigenvalue weighted by atomic mass is 15.0. The lowest BCUT2D eigenvalue weighted by Crippen LogP contribution is -2.21.